The van der Waals surface area contributed by atoms with Crippen LogP contribution in [0.3, 0.4) is 0 Å². The van der Waals surface area contributed by atoms with Crippen molar-refractivity contribution in [1.82, 2.24) is 9.97 Å². The Hall–Kier alpha value is -3.12. The van der Waals surface area contributed by atoms with Crippen molar-refractivity contribution in [3.63, 3.8) is 0 Å². The number of benzene rings is 2. The highest BCUT2D eigenvalue weighted by Gasteiger charge is 2.20. The number of hydrogen-bond acceptors (Lipinski definition) is 5. The first kappa shape index (κ1) is 23.6. The van der Waals surface area contributed by atoms with Crippen LogP contribution in [0.5, 0.6) is 11.5 Å². The Kier molecular flexibility index (Phi) is 6.65. The molecule has 0 spiro atoms. The highest BCUT2D eigenvalue weighted by molar-refractivity contribution is 7.18. The molecule has 2 aromatic carbocycles. The van der Waals surface area contributed by atoms with Crippen molar-refractivity contribution >= 4 is 21.6 Å². The number of hydrogen-bond donors (Lipinski definition) is 1. The number of nitrogens with zero attached hydrogens (tertiary/aromatic N) is 1. The van der Waals surface area contributed by atoms with Crippen LogP contribution in [0.1, 0.15) is 58.9 Å². The molecule has 4 aromatic rings. The zero-order chi connectivity index (χ0) is 24.5. The van der Waals surface area contributed by atoms with Gasteiger partial charge in [-0.3, -0.25) is 4.79 Å². The molecule has 35 heavy (non-hydrogen) atoms. The zero-order valence-corrected chi connectivity index (χ0v) is 21.7. The highest BCUT2D eigenvalue weighted by Crippen LogP contribution is 2.36. The van der Waals surface area contributed by atoms with Crippen molar-refractivity contribution in [3.05, 3.63) is 73.4 Å². The predicted molar refractivity (Wildman–Crippen MR) is 143 cm³/mol. The van der Waals surface area contributed by atoms with Crippen molar-refractivity contribution in [2.45, 2.75) is 66.4 Å². The molecule has 182 valence electrons. The van der Waals surface area contributed by atoms with Crippen molar-refractivity contribution in [2.75, 3.05) is 6.61 Å². The number of ether oxygens (including phenoxy) is 2. The Bertz CT molecular complexity index is 1430. The summed E-state index contributed by atoms with van der Waals surface area (Å²) in [5.74, 6) is 1.90. The lowest BCUT2D eigenvalue weighted by Crippen LogP contribution is -2.10. The number of nitrogens with one attached hydrogen (secondary N) is 1. The summed E-state index contributed by atoms with van der Waals surface area (Å²) in [4.78, 5) is 23.2. The topological polar surface area (TPSA) is 64.2 Å². The molecule has 2 heterocycles. The summed E-state index contributed by atoms with van der Waals surface area (Å²) in [6.07, 6.45) is 5.57. The Morgan fingerprint density at radius 3 is 2.51 bits per heavy atom. The predicted octanol–water partition coefficient (Wildman–Crippen LogP) is 6.82. The fourth-order valence-corrected chi connectivity index (χ4v) is 6.37. The van der Waals surface area contributed by atoms with Crippen LogP contribution in [-0.4, -0.2) is 16.6 Å². The quantitative estimate of drug-likeness (QED) is 0.302. The molecule has 6 heteroatoms. The Morgan fingerprint density at radius 2 is 1.74 bits per heavy atom. The SMILES string of the molecule is CCOc1cc(-c2nc3sc4c(c3c(=O)[nH]2)CCCCC4)ccc1OCc1c(C)cc(C)cc1C. The van der Waals surface area contributed by atoms with E-state index in [1.54, 1.807) is 11.3 Å². The van der Waals surface area contributed by atoms with Crippen LogP contribution in [0.4, 0.5) is 0 Å². The van der Waals surface area contributed by atoms with Crippen LogP contribution in [0.25, 0.3) is 21.6 Å². The summed E-state index contributed by atoms with van der Waals surface area (Å²) < 4.78 is 12.1. The van der Waals surface area contributed by atoms with Crippen LogP contribution in [0.2, 0.25) is 0 Å². The van der Waals surface area contributed by atoms with Gasteiger partial charge in [-0.2, -0.15) is 0 Å². The molecule has 0 amide bonds. The number of aryl methyl sites for hydroxylation is 5. The molecule has 2 aromatic heterocycles. The normalized spacial score (nSPS) is 13.5. The summed E-state index contributed by atoms with van der Waals surface area (Å²) in [5.41, 5.74) is 6.87. The standard InChI is InChI=1S/C29H32N2O3S/c1-5-33-24-15-20(11-12-23(24)34-16-22-18(3)13-17(2)14-19(22)4)27-30-28(32)26-21-9-7-6-8-10-25(21)35-29(26)31-27/h11-15H,5-10,16H2,1-4H3,(H,30,31,32). The Morgan fingerprint density at radius 1 is 0.971 bits per heavy atom. The van der Waals surface area contributed by atoms with E-state index in [0.717, 1.165) is 35.0 Å². The molecule has 0 saturated heterocycles. The van der Waals surface area contributed by atoms with E-state index in [0.29, 0.717) is 30.5 Å². The Labute approximate surface area is 210 Å². The maximum absolute atomic E-state index is 13.1. The monoisotopic (exact) mass is 488 g/mol. The summed E-state index contributed by atoms with van der Waals surface area (Å²) in [5, 5.41) is 0.782. The molecule has 0 unspecified atom stereocenters. The van der Waals surface area contributed by atoms with Gasteiger partial charge in [-0.15, -0.1) is 11.3 Å². The number of aromatic amines is 1. The molecule has 0 saturated carbocycles. The molecule has 5 rings (SSSR count). The molecule has 0 fully saturated rings. The summed E-state index contributed by atoms with van der Waals surface area (Å²) in [6.45, 7) is 9.29. The minimum atomic E-state index is -0.0481. The number of fused-ring (bicyclic) bond motifs is 3. The molecule has 0 aliphatic heterocycles. The maximum atomic E-state index is 13.1. The van der Waals surface area contributed by atoms with Crippen LogP contribution < -0.4 is 15.0 Å². The summed E-state index contributed by atoms with van der Waals surface area (Å²) >= 11 is 1.68. The van der Waals surface area contributed by atoms with Crippen LogP contribution >= 0.6 is 11.3 Å². The first-order valence-corrected chi connectivity index (χ1v) is 13.3. The van der Waals surface area contributed by atoms with Gasteiger partial charge in [-0.05, 0) is 93.8 Å². The molecule has 1 aliphatic rings. The second-order valence-corrected chi connectivity index (χ2v) is 10.5. The fraction of sp³-hybridized carbons (Fsp3) is 0.379. The molecule has 1 N–H and O–H groups in total. The van der Waals surface area contributed by atoms with Gasteiger partial charge in [0.05, 0.1) is 12.0 Å². The largest absolute Gasteiger partial charge is 0.490 e. The average Bonchev–Trinajstić information content (AvgIpc) is 3.01. The average molecular weight is 489 g/mol. The smallest absolute Gasteiger partial charge is 0.260 e. The van der Waals surface area contributed by atoms with Gasteiger partial charge in [0.25, 0.3) is 5.56 Å². The third-order valence-corrected chi connectivity index (χ3v) is 7.99. The minimum Gasteiger partial charge on any atom is -0.490 e. The van der Waals surface area contributed by atoms with E-state index in [2.05, 4.69) is 37.9 Å². The lowest BCUT2D eigenvalue weighted by Gasteiger charge is -2.16. The van der Waals surface area contributed by atoms with Crippen molar-refractivity contribution in [2.24, 2.45) is 0 Å². The van der Waals surface area contributed by atoms with Crippen LogP contribution in [0.15, 0.2) is 35.1 Å². The van der Waals surface area contributed by atoms with Gasteiger partial charge in [-0.25, -0.2) is 4.98 Å². The van der Waals surface area contributed by atoms with E-state index in [9.17, 15) is 4.79 Å². The van der Waals surface area contributed by atoms with E-state index in [1.807, 2.05) is 25.1 Å². The molecular weight excluding hydrogens is 456 g/mol. The third-order valence-electron chi connectivity index (χ3n) is 6.80. The summed E-state index contributed by atoms with van der Waals surface area (Å²) in [6, 6.07) is 10.1. The third kappa shape index (κ3) is 4.72. The van der Waals surface area contributed by atoms with E-state index in [4.69, 9.17) is 14.5 Å². The number of thiophene rings is 1. The van der Waals surface area contributed by atoms with Gasteiger partial charge in [-0.1, -0.05) is 24.1 Å². The van der Waals surface area contributed by atoms with Gasteiger partial charge in [0, 0.05) is 10.4 Å². The first-order chi connectivity index (χ1) is 16.9. The van der Waals surface area contributed by atoms with Gasteiger partial charge in [0.1, 0.15) is 17.3 Å². The van der Waals surface area contributed by atoms with E-state index in [1.165, 1.54) is 45.5 Å². The molecule has 0 bridgehead atoms. The molecule has 0 atom stereocenters. The van der Waals surface area contributed by atoms with Crippen molar-refractivity contribution in [1.29, 1.82) is 0 Å². The van der Waals surface area contributed by atoms with Gasteiger partial charge in [0.15, 0.2) is 11.5 Å². The number of aromatic nitrogens is 2. The number of H-pyrrole nitrogens is 1. The second kappa shape index (κ2) is 9.86. The van der Waals surface area contributed by atoms with Crippen LogP contribution in [0, 0.1) is 20.8 Å². The minimum absolute atomic E-state index is 0.0481. The zero-order valence-electron chi connectivity index (χ0n) is 20.9. The molecule has 1 aliphatic carbocycles. The van der Waals surface area contributed by atoms with E-state index < -0.39 is 0 Å². The van der Waals surface area contributed by atoms with Gasteiger partial charge < -0.3 is 14.5 Å². The second-order valence-electron chi connectivity index (χ2n) is 9.42. The molecule has 5 nitrogen and oxygen atoms in total. The molecular formula is C29H32N2O3S. The lowest BCUT2D eigenvalue weighted by molar-refractivity contribution is 0.268. The Balaban J connectivity index is 1.47. The maximum Gasteiger partial charge on any atom is 0.260 e. The van der Waals surface area contributed by atoms with Crippen molar-refractivity contribution in [3.8, 4) is 22.9 Å². The van der Waals surface area contributed by atoms with Gasteiger partial charge >= 0.3 is 0 Å². The van der Waals surface area contributed by atoms with Crippen LogP contribution in [-0.2, 0) is 19.4 Å². The van der Waals surface area contributed by atoms with E-state index >= 15 is 0 Å². The fourth-order valence-electron chi connectivity index (χ4n) is 5.11. The van der Waals surface area contributed by atoms with Crippen molar-refractivity contribution < 1.29 is 9.47 Å². The van der Waals surface area contributed by atoms with E-state index in [-0.39, 0.29) is 5.56 Å². The first-order valence-electron chi connectivity index (χ1n) is 12.5. The van der Waals surface area contributed by atoms with Gasteiger partial charge in [0.2, 0.25) is 0 Å². The molecule has 0 radical (unpaired) electrons. The lowest BCUT2D eigenvalue weighted by atomic mass is 10.0. The summed E-state index contributed by atoms with van der Waals surface area (Å²) in [7, 11) is 0. The highest BCUT2D eigenvalue weighted by atomic mass is 32.1. The number of rotatable bonds is 6.